The largest absolute Gasteiger partial charge is 0.429 e. The van der Waals surface area contributed by atoms with Crippen LogP contribution in [0.2, 0.25) is 0 Å². The molecule has 4 aromatic heterocycles. The first-order valence-electron chi connectivity index (χ1n) is 6.74. The summed E-state index contributed by atoms with van der Waals surface area (Å²) < 4.78 is 7.06. The molecule has 4 aromatic rings. The maximum atomic E-state index is 11.0. The molecular weight excluding hydrogens is 332 g/mol. The molecule has 0 radical (unpaired) electrons. The van der Waals surface area contributed by atoms with E-state index in [4.69, 9.17) is 4.74 Å². The molecule has 0 aromatic carbocycles. The van der Waals surface area contributed by atoms with Crippen molar-refractivity contribution in [3.8, 4) is 23.0 Å². The van der Waals surface area contributed by atoms with Gasteiger partial charge in [0.25, 0.3) is 0 Å². The number of rotatable bonds is 4. The van der Waals surface area contributed by atoms with Crippen LogP contribution in [0.4, 0.5) is 5.82 Å². The molecule has 118 valence electrons. The molecule has 0 fully saturated rings. The van der Waals surface area contributed by atoms with Crippen LogP contribution >= 0.6 is 11.3 Å². The normalized spacial score (nSPS) is 10.8. The Morgan fingerprint density at radius 3 is 2.92 bits per heavy atom. The average molecular weight is 340 g/mol. The van der Waals surface area contributed by atoms with Gasteiger partial charge in [0.05, 0.1) is 0 Å². The molecule has 0 saturated heterocycles. The Labute approximate surface area is 138 Å². The van der Waals surface area contributed by atoms with Gasteiger partial charge in [-0.25, -0.2) is 0 Å². The highest BCUT2D eigenvalue weighted by Gasteiger charge is 2.18. The highest BCUT2D eigenvalue weighted by atomic mass is 32.1. The summed E-state index contributed by atoms with van der Waals surface area (Å²) in [4.78, 5) is 14.1. The molecule has 4 rings (SSSR count). The van der Waals surface area contributed by atoms with Crippen molar-refractivity contribution in [2.75, 3.05) is 0 Å². The predicted octanol–water partition coefficient (Wildman–Crippen LogP) is 2.95. The molecule has 0 amide bonds. The fourth-order valence-electron chi connectivity index (χ4n) is 2.11. The van der Waals surface area contributed by atoms with E-state index in [1.807, 2.05) is 16.8 Å². The minimum absolute atomic E-state index is 0.0134. The smallest absolute Gasteiger partial charge is 0.406 e. The molecule has 0 saturated carbocycles. The third-order valence-electron chi connectivity index (χ3n) is 3.16. The lowest BCUT2D eigenvalue weighted by Crippen LogP contribution is -2.00. The topological polar surface area (TPSA) is 108 Å². The van der Waals surface area contributed by atoms with Crippen LogP contribution in [0, 0.1) is 10.1 Å². The van der Waals surface area contributed by atoms with Crippen LogP contribution in [0.25, 0.3) is 17.0 Å². The van der Waals surface area contributed by atoms with Gasteiger partial charge < -0.3 is 14.9 Å². The zero-order chi connectivity index (χ0) is 16.5. The SMILES string of the molecule is O=[N+]([O-])c1ncccc1Oc1ccc2nnc(-c3ccsc3)n2n1. The number of nitrogens with zero attached hydrogens (tertiary/aromatic N) is 6. The van der Waals surface area contributed by atoms with E-state index >= 15 is 0 Å². The van der Waals surface area contributed by atoms with E-state index in [-0.39, 0.29) is 17.4 Å². The standard InChI is InChI=1S/C14H8N6O3S/c21-20(22)14-10(2-1-6-15-14)23-12-4-3-11-16-17-13(19(11)18-12)9-5-7-24-8-9/h1-8H. The van der Waals surface area contributed by atoms with Gasteiger partial charge in [-0.1, -0.05) is 0 Å². The van der Waals surface area contributed by atoms with Crippen molar-refractivity contribution >= 4 is 22.8 Å². The van der Waals surface area contributed by atoms with Gasteiger partial charge in [0, 0.05) is 17.0 Å². The van der Waals surface area contributed by atoms with Gasteiger partial charge in [0.2, 0.25) is 11.6 Å². The molecule has 9 nitrogen and oxygen atoms in total. The first kappa shape index (κ1) is 14.2. The van der Waals surface area contributed by atoms with Crippen molar-refractivity contribution in [1.29, 1.82) is 0 Å². The Balaban J connectivity index is 1.76. The van der Waals surface area contributed by atoms with Crippen LogP contribution in [0.15, 0.2) is 47.3 Å². The Morgan fingerprint density at radius 2 is 2.12 bits per heavy atom. The molecule has 0 aliphatic heterocycles. The third kappa shape index (κ3) is 2.44. The van der Waals surface area contributed by atoms with Gasteiger partial charge in [0.15, 0.2) is 11.5 Å². The summed E-state index contributed by atoms with van der Waals surface area (Å²) >= 11 is 1.53. The second kappa shape index (κ2) is 5.66. The minimum Gasteiger partial charge on any atom is -0.429 e. The number of ether oxygens (including phenoxy) is 1. The van der Waals surface area contributed by atoms with E-state index in [2.05, 4.69) is 20.3 Å². The summed E-state index contributed by atoms with van der Waals surface area (Å²) in [5.41, 5.74) is 1.42. The van der Waals surface area contributed by atoms with Crippen molar-refractivity contribution in [2.24, 2.45) is 0 Å². The maximum Gasteiger partial charge on any atom is 0.406 e. The Kier molecular flexibility index (Phi) is 3.35. The van der Waals surface area contributed by atoms with Crippen molar-refractivity contribution < 1.29 is 9.66 Å². The Bertz CT molecular complexity index is 1030. The molecule has 0 bridgehead atoms. The molecule has 0 spiro atoms. The lowest BCUT2D eigenvalue weighted by atomic mass is 10.3. The summed E-state index contributed by atoms with van der Waals surface area (Å²) in [5.74, 6) is 0.382. The van der Waals surface area contributed by atoms with Crippen LogP contribution in [-0.2, 0) is 0 Å². The number of nitro groups is 1. The van der Waals surface area contributed by atoms with Crippen LogP contribution in [0.1, 0.15) is 0 Å². The number of hydrogen-bond donors (Lipinski definition) is 0. The summed E-state index contributed by atoms with van der Waals surface area (Å²) in [6, 6.07) is 8.16. The van der Waals surface area contributed by atoms with E-state index in [0.29, 0.717) is 11.5 Å². The first-order valence-corrected chi connectivity index (χ1v) is 7.69. The highest BCUT2D eigenvalue weighted by molar-refractivity contribution is 7.08. The molecule has 4 heterocycles. The molecule has 10 heteroatoms. The van der Waals surface area contributed by atoms with Crippen molar-refractivity contribution in [1.82, 2.24) is 24.8 Å². The van der Waals surface area contributed by atoms with E-state index in [1.165, 1.54) is 28.1 Å². The van der Waals surface area contributed by atoms with Crippen molar-refractivity contribution in [2.45, 2.75) is 0 Å². The zero-order valence-corrected chi connectivity index (χ0v) is 12.8. The fraction of sp³-hybridized carbons (Fsp3) is 0. The molecule has 0 aliphatic rings. The second-order valence-corrected chi connectivity index (χ2v) is 5.44. The molecule has 0 aliphatic carbocycles. The Hall–Kier alpha value is -3.40. The van der Waals surface area contributed by atoms with Crippen LogP contribution in [0.3, 0.4) is 0 Å². The van der Waals surface area contributed by atoms with Crippen LogP contribution in [0.5, 0.6) is 11.6 Å². The minimum atomic E-state index is -0.608. The van der Waals surface area contributed by atoms with Gasteiger partial charge in [-0.2, -0.15) is 15.9 Å². The van der Waals surface area contributed by atoms with Gasteiger partial charge in [-0.05, 0) is 39.6 Å². The summed E-state index contributed by atoms with van der Waals surface area (Å²) in [6.45, 7) is 0. The summed E-state index contributed by atoms with van der Waals surface area (Å²) in [7, 11) is 0. The van der Waals surface area contributed by atoms with Gasteiger partial charge >= 0.3 is 5.82 Å². The summed E-state index contributed by atoms with van der Waals surface area (Å²) in [6.07, 6.45) is 1.33. The second-order valence-electron chi connectivity index (χ2n) is 4.66. The lowest BCUT2D eigenvalue weighted by Gasteiger charge is -2.05. The number of pyridine rings is 1. The molecule has 0 N–H and O–H groups in total. The molecular formula is C14H8N6O3S. The molecule has 24 heavy (non-hydrogen) atoms. The van der Waals surface area contributed by atoms with Crippen molar-refractivity contribution in [3.63, 3.8) is 0 Å². The van der Waals surface area contributed by atoms with Gasteiger partial charge in [-0.3, -0.25) is 0 Å². The van der Waals surface area contributed by atoms with Crippen LogP contribution in [-0.4, -0.2) is 29.7 Å². The predicted molar refractivity (Wildman–Crippen MR) is 85.1 cm³/mol. The maximum absolute atomic E-state index is 11.0. The number of fused-ring (bicyclic) bond motifs is 1. The first-order chi connectivity index (χ1) is 11.7. The number of hydrogen-bond acceptors (Lipinski definition) is 8. The quantitative estimate of drug-likeness (QED) is 0.415. The number of aromatic nitrogens is 5. The average Bonchev–Trinajstić information content (AvgIpc) is 3.23. The number of thiophene rings is 1. The molecule has 0 atom stereocenters. The van der Waals surface area contributed by atoms with Gasteiger partial charge in [-0.15, -0.1) is 15.3 Å². The fourth-order valence-corrected chi connectivity index (χ4v) is 2.74. The summed E-state index contributed by atoms with van der Waals surface area (Å²) in [5, 5.41) is 27.3. The third-order valence-corrected chi connectivity index (χ3v) is 3.84. The zero-order valence-electron chi connectivity index (χ0n) is 11.9. The highest BCUT2D eigenvalue weighted by Crippen LogP contribution is 2.28. The van der Waals surface area contributed by atoms with E-state index < -0.39 is 4.92 Å². The van der Waals surface area contributed by atoms with Crippen LogP contribution < -0.4 is 4.74 Å². The lowest BCUT2D eigenvalue weighted by molar-refractivity contribution is -0.390. The van der Waals surface area contributed by atoms with E-state index in [0.717, 1.165) is 5.56 Å². The van der Waals surface area contributed by atoms with E-state index in [1.54, 1.807) is 18.2 Å². The monoisotopic (exact) mass is 340 g/mol. The molecule has 0 unspecified atom stereocenters. The van der Waals surface area contributed by atoms with E-state index in [9.17, 15) is 10.1 Å². The van der Waals surface area contributed by atoms with Gasteiger partial charge in [0.1, 0.15) is 6.20 Å². The Morgan fingerprint density at radius 1 is 1.21 bits per heavy atom. The van der Waals surface area contributed by atoms with Crippen molar-refractivity contribution in [3.05, 3.63) is 57.4 Å².